The Morgan fingerprint density at radius 3 is 2.44 bits per heavy atom. The Balaban J connectivity index is 2.57. The van der Waals surface area contributed by atoms with Crippen LogP contribution >= 0.6 is 39.1 Å². The second-order valence-corrected chi connectivity index (χ2v) is 5.51. The van der Waals surface area contributed by atoms with E-state index in [0.717, 1.165) is 11.1 Å². The second-order valence-electron chi connectivity index (χ2n) is 4.05. The van der Waals surface area contributed by atoms with E-state index in [-0.39, 0.29) is 0 Å². The smallest absolute Gasteiger partial charge is 0.120 e. The lowest BCUT2D eigenvalue weighted by Gasteiger charge is -2.18. The van der Waals surface area contributed by atoms with Gasteiger partial charge in [0.2, 0.25) is 0 Å². The highest BCUT2D eigenvalue weighted by Gasteiger charge is 2.12. The van der Waals surface area contributed by atoms with E-state index in [9.17, 15) is 0 Å². The summed E-state index contributed by atoms with van der Waals surface area (Å²) in [4.78, 5) is 0. The third-order valence-electron chi connectivity index (χ3n) is 2.50. The predicted octanol–water partition coefficient (Wildman–Crippen LogP) is 5.04. The van der Waals surface area contributed by atoms with Gasteiger partial charge in [-0.25, -0.2) is 0 Å². The Morgan fingerprint density at radius 2 is 1.94 bits per heavy atom. The van der Waals surface area contributed by atoms with Gasteiger partial charge in [0.05, 0.1) is 16.7 Å². The summed E-state index contributed by atoms with van der Waals surface area (Å²) >= 11 is 15.2. The van der Waals surface area contributed by atoms with Gasteiger partial charge in [0.15, 0.2) is 0 Å². The Labute approximate surface area is 115 Å². The fourth-order valence-electron chi connectivity index (χ4n) is 1.19. The summed E-state index contributed by atoms with van der Waals surface area (Å²) < 4.78 is 5.68. The van der Waals surface area contributed by atoms with Crippen LogP contribution < -0.4 is 4.74 Å². The minimum atomic E-state index is 0.495. The van der Waals surface area contributed by atoms with E-state index in [4.69, 9.17) is 27.9 Å². The van der Waals surface area contributed by atoms with Crippen molar-refractivity contribution in [2.75, 3.05) is 11.9 Å². The quantitative estimate of drug-likeness (QED) is 0.689. The van der Waals surface area contributed by atoms with Gasteiger partial charge in [-0.05, 0) is 18.1 Å². The molecule has 16 heavy (non-hydrogen) atoms. The van der Waals surface area contributed by atoms with Gasteiger partial charge in [-0.3, -0.25) is 0 Å². The molecule has 0 aromatic heterocycles. The van der Waals surface area contributed by atoms with Gasteiger partial charge in [-0.2, -0.15) is 0 Å². The number of rotatable bonds is 5. The molecule has 0 heterocycles. The fourth-order valence-corrected chi connectivity index (χ4v) is 2.41. The molecule has 0 aliphatic rings. The van der Waals surface area contributed by atoms with Crippen molar-refractivity contribution < 1.29 is 4.74 Å². The molecular formula is C12H15BrCl2O. The van der Waals surface area contributed by atoms with Crippen LogP contribution in [0, 0.1) is 11.8 Å². The van der Waals surface area contributed by atoms with Crippen LogP contribution in [0.4, 0.5) is 0 Å². The molecule has 0 fully saturated rings. The van der Waals surface area contributed by atoms with Crippen molar-refractivity contribution in [2.45, 2.75) is 13.8 Å². The van der Waals surface area contributed by atoms with Crippen molar-refractivity contribution >= 4 is 39.1 Å². The summed E-state index contributed by atoms with van der Waals surface area (Å²) in [5, 5.41) is 2.01. The Hall–Kier alpha value is 0.0800. The van der Waals surface area contributed by atoms with Gasteiger partial charge in [0, 0.05) is 17.3 Å². The largest absolute Gasteiger partial charge is 0.493 e. The first-order chi connectivity index (χ1) is 7.54. The molecule has 90 valence electrons. The lowest BCUT2D eigenvalue weighted by atomic mass is 9.99. The predicted molar refractivity (Wildman–Crippen MR) is 74.1 cm³/mol. The minimum absolute atomic E-state index is 0.495. The van der Waals surface area contributed by atoms with E-state index in [1.165, 1.54) is 0 Å². The molecule has 0 saturated heterocycles. The van der Waals surface area contributed by atoms with Crippen molar-refractivity contribution in [1.29, 1.82) is 0 Å². The van der Waals surface area contributed by atoms with Crippen LogP contribution in [0.1, 0.15) is 13.8 Å². The molecule has 1 rings (SSSR count). The number of alkyl halides is 1. The van der Waals surface area contributed by atoms with Crippen molar-refractivity contribution in [3.63, 3.8) is 0 Å². The molecule has 1 unspecified atom stereocenters. The first kappa shape index (κ1) is 14.1. The highest BCUT2D eigenvalue weighted by atomic mass is 79.9. The molecule has 0 N–H and O–H groups in total. The highest BCUT2D eigenvalue weighted by Crippen LogP contribution is 2.27. The SMILES string of the molecule is CC(C)C(CBr)COc1ccc(Cl)c(Cl)c1. The first-order valence-corrected chi connectivity index (χ1v) is 7.06. The van der Waals surface area contributed by atoms with Crippen molar-refractivity contribution in [3.05, 3.63) is 28.2 Å². The normalized spacial score (nSPS) is 12.9. The standard InChI is InChI=1S/C12H15BrCl2O/c1-8(2)9(6-13)7-16-10-3-4-11(14)12(15)5-10/h3-5,8-9H,6-7H2,1-2H3. The molecule has 0 amide bonds. The van der Waals surface area contributed by atoms with Gasteiger partial charge in [0.25, 0.3) is 0 Å². The van der Waals surface area contributed by atoms with Crippen LogP contribution in [0.5, 0.6) is 5.75 Å². The Morgan fingerprint density at radius 1 is 1.25 bits per heavy atom. The van der Waals surface area contributed by atoms with Gasteiger partial charge in [0.1, 0.15) is 5.75 Å². The molecule has 1 atom stereocenters. The van der Waals surface area contributed by atoms with E-state index in [1.807, 2.05) is 6.07 Å². The van der Waals surface area contributed by atoms with Crippen molar-refractivity contribution in [1.82, 2.24) is 0 Å². The molecule has 0 aliphatic heterocycles. The molecule has 0 bridgehead atoms. The third-order valence-corrected chi connectivity index (χ3v) is 4.07. The molecule has 0 radical (unpaired) electrons. The lowest BCUT2D eigenvalue weighted by Crippen LogP contribution is -2.19. The highest BCUT2D eigenvalue weighted by molar-refractivity contribution is 9.09. The topological polar surface area (TPSA) is 9.23 Å². The summed E-state index contributed by atoms with van der Waals surface area (Å²) in [6, 6.07) is 5.33. The minimum Gasteiger partial charge on any atom is -0.493 e. The summed E-state index contributed by atoms with van der Waals surface area (Å²) in [5.41, 5.74) is 0. The Bertz CT molecular complexity index is 342. The van der Waals surface area contributed by atoms with Gasteiger partial charge >= 0.3 is 0 Å². The molecule has 1 aromatic carbocycles. The summed E-state index contributed by atoms with van der Waals surface area (Å²) in [6.07, 6.45) is 0. The van der Waals surface area contributed by atoms with Gasteiger partial charge in [-0.1, -0.05) is 53.0 Å². The second kappa shape index (κ2) is 6.73. The zero-order valence-electron chi connectivity index (χ0n) is 9.34. The van der Waals surface area contributed by atoms with Gasteiger partial charge in [-0.15, -0.1) is 0 Å². The number of ether oxygens (including phenoxy) is 1. The van der Waals surface area contributed by atoms with Crippen LogP contribution in [0.3, 0.4) is 0 Å². The Kier molecular flexibility index (Phi) is 5.95. The average molecular weight is 326 g/mol. The maximum absolute atomic E-state index is 5.90. The molecule has 1 nitrogen and oxygen atoms in total. The van der Waals surface area contributed by atoms with Crippen LogP contribution in [0.25, 0.3) is 0 Å². The lowest BCUT2D eigenvalue weighted by molar-refractivity contribution is 0.227. The molecule has 0 spiro atoms. The number of halogens is 3. The van der Waals surface area contributed by atoms with E-state index in [2.05, 4.69) is 29.8 Å². The van der Waals surface area contributed by atoms with Crippen molar-refractivity contribution in [3.8, 4) is 5.75 Å². The van der Waals surface area contributed by atoms with E-state index in [1.54, 1.807) is 12.1 Å². The van der Waals surface area contributed by atoms with Crippen molar-refractivity contribution in [2.24, 2.45) is 11.8 Å². The molecule has 0 aliphatic carbocycles. The fraction of sp³-hybridized carbons (Fsp3) is 0.500. The van der Waals surface area contributed by atoms with Crippen LogP contribution in [-0.2, 0) is 0 Å². The monoisotopic (exact) mass is 324 g/mol. The zero-order chi connectivity index (χ0) is 12.1. The van der Waals surface area contributed by atoms with Crippen LogP contribution in [0.2, 0.25) is 10.0 Å². The summed E-state index contributed by atoms with van der Waals surface area (Å²) in [5.74, 6) is 1.85. The van der Waals surface area contributed by atoms with Crippen LogP contribution in [-0.4, -0.2) is 11.9 Å². The summed E-state index contributed by atoms with van der Waals surface area (Å²) in [7, 11) is 0. The average Bonchev–Trinajstić information content (AvgIpc) is 2.23. The van der Waals surface area contributed by atoms with E-state index >= 15 is 0 Å². The zero-order valence-corrected chi connectivity index (χ0v) is 12.4. The maximum atomic E-state index is 5.90. The number of benzene rings is 1. The summed E-state index contributed by atoms with van der Waals surface area (Å²) in [6.45, 7) is 5.05. The number of hydrogen-bond acceptors (Lipinski definition) is 1. The molecule has 4 heteroatoms. The third kappa shape index (κ3) is 4.15. The molecular weight excluding hydrogens is 311 g/mol. The van der Waals surface area contributed by atoms with E-state index in [0.29, 0.717) is 28.5 Å². The van der Waals surface area contributed by atoms with Crippen LogP contribution in [0.15, 0.2) is 18.2 Å². The van der Waals surface area contributed by atoms with E-state index < -0.39 is 0 Å². The first-order valence-electron chi connectivity index (χ1n) is 5.18. The van der Waals surface area contributed by atoms with Gasteiger partial charge < -0.3 is 4.74 Å². The molecule has 0 saturated carbocycles. The number of hydrogen-bond donors (Lipinski definition) is 0. The molecule has 1 aromatic rings. The maximum Gasteiger partial charge on any atom is 0.120 e.